The largest absolute Gasteiger partial charge is 0.300 e. The topological polar surface area (TPSA) is 6.48 Å². The number of hydrogen-bond donors (Lipinski definition) is 0. The molecule has 3 heteroatoms. The molecule has 0 unspecified atom stereocenters. The number of thioether (sulfide) groups is 1. The summed E-state index contributed by atoms with van der Waals surface area (Å²) in [6, 6.07) is 0.887. The summed E-state index contributed by atoms with van der Waals surface area (Å²) in [5.41, 5.74) is 0. The Bertz CT molecular complexity index is 198. The fraction of sp³-hybridized carbons (Fsp3) is 1.00. The number of rotatable bonds is 5. The van der Waals surface area contributed by atoms with Crippen LogP contribution < -0.4 is 0 Å². The van der Waals surface area contributed by atoms with Crippen molar-refractivity contribution in [2.24, 2.45) is 5.92 Å². The van der Waals surface area contributed by atoms with Crippen LogP contribution in [0.3, 0.4) is 0 Å². The van der Waals surface area contributed by atoms with Gasteiger partial charge in [0, 0.05) is 43.7 Å². The zero-order valence-corrected chi connectivity index (χ0v) is 11.6. The van der Waals surface area contributed by atoms with Crippen molar-refractivity contribution < 1.29 is 0 Å². The van der Waals surface area contributed by atoms with Gasteiger partial charge in [-0.3, -0.25) is 4.90 Å². The van der Waals surface area contributed by atoms with E-state index in [1.165, 1.54) is 57.1 Å². The van der Waals surface area contributed by atoms with Crippen molar-refractivity contribution >= 4 is 11.8 Å². The van der Waals surface area contributed by atoms with Crippen LogP contribution in [0, 0.1) is 5.92 Å². The van der Waals surface area contributed by atoms with Crippen LogP contribution >= 0.6 is 11.8 Å². The molecule has 0 saturated carbocycles. The van der Waals surface area contributed by atoms with E-state index in [-0.39, 0.29) is 0 Å². The SMILES string of the molecule is CC[C@H](C)CCN1CC(N2CCSCC2)C1. The van der Waals surface area contributed by atoms with E-state index in [0.717, 1.165) is 12.0 Å². The highest BCUT2D eigenvalue weighted by molar-refractivity contribution is 7.99. The Morgan fingerprint density at radius 2 is 1.94 bits per heavy atom. The molecule has 0 spiro atoms. The van der Waals surface area contributed by atoms with E-state index in [2.05, 4.69) is 35.4 Å². The lowest BCUT2D eigenvalue weighted by Crippen LogP contribution is -2.60. The minimum Gasteiger partial charge on any atom is -0.300 e. The molecule has 2 aliphatic rings. The molecule has 2 nitrogen and oxygen atoms in total. The van der Waals surface area contributed by atoms with Crippen LogP contribution in [0.5, 0.6) is 0 Å². The first-order valence-electron chi connectivity index (χ1n) is 6.83. The van der Waals surface area contributed by atoms with E-state index in [1.54, 1.807) is 0 Å². The third-order valence-electron chi connectivity index (χ3n) is 4.14. The molecule has 94 valence electrons. The normalized spacial score (nSPS) is 26.6. The fourth-order valence-corrected chi connectivity index (χ4v) is 3.44. The molecule has 0 aliphatic carbocycles. The predicted octanol–water partition coefficient (Wildman–Crippen LogP) is 2.16. The van der Waals surface area contributed by atoms with Crippen molar-refractivity contribution in [1.29, 1.82) is 0 Å². The maximum Gasteiger partial charge on any atom is 0.0351 e. The Balaban J connectivity index is 1.58. The van der Waals surface area contributed by atoms with E-state index in [4.69, 9.17) is 0 Å². The quantitative estimate of drug-likeness (QED) is 0.729. The van der Waals surface area contributed by atoms with E-state index < -0.39 is 0 Å². The molecule has 16 heavy (non-hydrogen) atoms. The molecule has 0 aromatic heterocycles. The molecule has 2 heterocycles. The Hall–Kier alpha value is 0.270. The molecule has 1 atom stereocenters. The number of likely N-dealkylation sites (tertiary alicyclic amines) is 1. The second kappa shape index (κ2) is 6.27. The Morgan fingerprint density at radius 3 is 2.56 bits per heavy atom. The van der Waals surface area contributed by atoms with Gasteiger partial charge in [-0.15, -0.1) is 0 Å². The molecular weight excluding hydrogens is 216 g/mol. The first-order valence-corrected chi connectivity index (χ1v) is 7.99. The molecule has 0 bridgehead atoms. The van der Waals surface area contributed by atoms with Gasteiger partial charge in [0.2, 0.25) is 0 Å². The van der Waals surface area contributed by atoms with Gasteiger partial charge in [0.25, 0.3) is 0 Å². The van der Waals surface area contributed by atoms with Gasteiger partial charge in [-0.05, 0) is 18.9 Å². The highest BCUT2D eigenvalue weighted by atomic mass is 32.2. The van der Waals surface area contributed by atoms with E-state index >= 15 is 0 Å². The van der Waals surface area contributed by atoms with Crippen molar-refractivity contribution in [3.63, 3.8) is 0 Å². The van der Waals surface area contributed by atoms with Crippen LogP contribution in [0.1, 0.15) is 26.7 Å². The van der Waals surface area contributed by atoms with Crippen LogP contribution in [-0.4, -0.2) is 60.1 Å². The number of nitrogens with zero attached hydrogens (tertiary/aromatic N) is 2. The van der Waals surface area contributed by atoms with Crippen molar-refractivity contribution in [2.45, 2.75) is 32.7 Å². The van der Waals surface area contributed by atoms with Crippen molar-refractivity contribution in [1.82, 2.24) is 9.80 Å². The standard InChI is InChI=1S/C13H26N2S/c1-3-12(2)4-5-14-10-13(11-14)15-6-8-16-9-7-15/h12-13H,3-11H2,1-2H3/t12-/m0/s1. The summed E-state index contributed by atoms with van der Waals surface area (Å²) in [5.74, 6) is 3.61. The Morgan fingerprint density at radius 1 is 1.25 bits per heavy atom. The van der Waals surface area contributed by atoms with E-state index in [9.17, 15) is 0 Å². The minimum absolute atomic E-state index is 0.887. The third-order valence-corrected chi connectivity index (χ3v) is 5.08. The van der Waals surface area contributed by atoms with Gasteiger partial charge in [0.1, 0.15) is 0 Å². The monoisotopic (exact) mass is 242 g/mol. The van der Waals surface area contributed by atoms with Crippen LogP contribution in [0.15, 0.2) is 0 Å². The van der Waals surface area contributed by atoms with Gasteiger partial charge in [-0.2, -0.15) is 11.8 Å². The molecule has 2 fully saturated rings. The van der Waals surface area contributed by atoms with Crippen LogP contribution in [0.2, 0.25) is 0 Å². The van der Waals surface area contributed by atoms with Crippen molar-refractivity contribution in [3.8, 4) is 0 Å². The summed E-state index contributed by atoms with van der Waals surface area (Å²) in [4.78, 5) is 5.34. The molecule has 2 aliphatic heterocycles. The van der Waals surface area contributed by atoms with Gasteiger partial charge in [0.05, 0.1) is 0 Å². The molecule has 2 saturated heterocycles. The Kier molecular flexibility index (Phi) is 4.98. The zero-order chi connectivity index (χ0) is 11.4. The molecule has 0 N–H and O–H groups in total. The van der Waals surface area contributed by atoms with E-state index in [0.29, 0.717) is 0 Å². The molecule has 0 radical (unpaired) electrons. The minimum atomic E-state index is 0.887. The average Bonchev–Trinajstić information content (AvgIpc) is 2.28. The summed E-state index contributed by atoms with van der Waals surface area (Å²) >= 11 is 2.11. The van der Waals surface area contributed by atoms with Crippen molar-refractivity contribution in [2.75, 3.05) is 44.2 Å². The highest BCUT2D eigenvalue weighted by Crippen LogP contribution is 2.20. The van der Waals surface area contributed by atoms with Crippen LogP contribution in [-0.2, 0) is 0 Å². The Labute approximate surface area is 105 Å². The summed E-state index contributed by atoms with van der Waals surface area (Å²) < 4.78 is 0. The molecule has 0 aromatic carbocycles. The van der Waals surface area contributed by atoms with Gasteiger partial charge < -0.3 is 4.90 Å². The lowest BCUT2D eigenvalue weighted by molar-refractivity contribution is 0.0365. The van der Waals surface area contributed by atoms with Gasteiger partial charge in [-0.1, -0.05) is 20.3 Å². The molecule has 0 amide bonds. The van der Waals surface area contributed by atoms with Crippen LogP contribution in [0.4, 0.5) is 0 Å². The maximum atomic E-state index is 2.70. The van der Waals surface area contributed by atoms with Gasteiger partial charge in [0.15, 0.2) is 0 Å². The third kappa shape index (κ3) is 3.38. The summed E-state index contributed by atoms with van der Waals surface area (Å²) in [7, 11) is 0. The summed E-state index contributed by atoms with van der Waals surface area (Å²) in [6.07, 6.45) is 2.72. The predicted molar refractivity (Wildman–Crippen MR) is 73.2 cm³/mol. The lowest BCUT2D eigenvalue weighted by Gasteiger charge is -2.47. The first kappa shape index (κ1) is 12.7. The highest BCUT2D eigenvalue weighted by Gasteiger charge is 2.31. The maximum absolute atomic E-state index is 2.70. The van der Waals surface area contributed by atoms with Gasteiger partial charge >= 0.3 is 0 Å². The first-order chi connectivity index (χ1) is 7.79. The van der Waals surface area contributed by atoms with Crippen LogP contribution in [0.25, 0.3) is 0 Å². The van der Waals surface area contributed by atoms with Gasteiger partial charge in [-0.25, -0.2) is 0 Å². The lowest BCUT2D eigenvalue weighted by atomic mass is 10.0. The summed E-state index contributed by atoms with van der Waals surface area (Å²) in [6.45, 7) is 11.3. The zero-order valence-electron chi connectivity index (χ0n) is 10.8. The molecule has 0 aromatic rings. The number of hydrogen-bond acceptors (Lipinski definition) is 3. The fourth-order valence-electron chi connectivity index (χ4n) is 2.51. The van der Waals surface area contributed by atoms with Crippen molar-refractivity contribution in [3.05, 3.63) is 0 Å². The smallest absolute Gasteiger partial charge is 0.0351 e. The average molecular weight is 242 g/mol. The second-order valence-electron chi connectivity index (χ2n) is 5.36. The molecule has 2 rings (SSSR count). The summed E-state index contributed by atoms with van der Waals surface area (Å²) in [5, 5.41) is 0. The van der Waals surface area contributed by atoms with E-state index in [1.807, 2.05) is 0 Å². The molecular formula is C13H26N2S. The second-order valence-corrected chi connectivity index (χ2v) is 6.59.